The molecule has 3 heterocycles. The van der Waals surface area contributed by atoms with E-state index >= 15 is 4.39 Å². The van der Waals surface area contributed by atoms with E-state index in [1.54, 1.807) is 0 Å². The Labute approximate surface area is 206 Å². The number of nitrogens with zero attached hydrogens (tertiary/aromatic N) is 2. The molecule has 7 nitrogen and oxygen atoms in total. The van der Waals surface area contributed by atoms with Crippen molar-refractivity contribution in [1.29, 1.82) is 0 Å². The number of halogens is 4. The van der Waals surface area contributed by atoms with Gasteiger partial charge in [0.15, 0.2) is 0 Å². The van der Waals surface area contributed by atoms with Gasteiger partial charge in [0.05, 0.1) is 16.9 Å². The van der Waals surface area contributed by atoms with E-state index in [9.17, 15) is 22.8 Å². The summed E-state index contributed by atoms with van der Waals surface area (Å²) in [6.45, 7) is 6.25. The summed E-state index contributed by atoms with van der Waals surface area (Å²) in [5, 5.41) is 5.66. The van der Waals surface area contributed by atoms with Crippen molar-refractivity contribution >= 4 is 22.9 Å². The lowest BCUT2D eigenvalue weighted by Gasteiger charge is -2.44. The third kappa shape index (κ3) is 5.17. The number of piperazine rings is 1. The maximum atomic E-state index is 15.4. The fourth-order valence-electron chi connectivity index (χ4n) is 4.75. The van der Waals surface area contributed by atoms with Gasteiger partial charge in [-0.05, 0) is 57.6 Å². The van der Waals surface area contributed by atoms with Gasteiger partial charge in [-0.15, -0.1) is 0 Å². The van der Waals surface area contributed by atoms with Crippen molar-refractivity contribution in [3.05, 3.63) is 63.3 Å². The SMILES string of the molecule is C[C@@H]1CN(c2cc(F)c(C3=CCCNC3)cc2NC(=O)c2c(C(F)(F)F)cc[nH]c2=O)C[C@H](C)N1C. The molecule has 2 aliphatic rings. The fraction of sp³-hybridized carbons (Fsp3) is 0.440. The molecule has 1 aromatic heterocycles. The molecule has 1 fully saturated rings. The van der Waals surface area contributed by atoms with Crippen LogP contribution in [-0.2, 0) is 6.18 Å². The summed E-state index contributed by atoms with van der Waals surface area (Å²) in [4.78, 5) is 31.6. The quantitative estimate of drug-likeness (QED) is 0.551. The topological polar surface area (TPSA) is 80.5 Å². The second kappa shape index (κ2) is 10.1. The average Bonchev–Trinajstić information content (AvgIpc) is 2.82. The zero-order valence-corrected chi connectivity index (χ0v) is 20.3. The van der Waals surface area contributed by atoms with Crippen LogP contribution in [0.1, 0.15) is 41.8 Å². The van der Waals surface area contributed by atoms with Gasteiger partial charge < -0.3 is 20.5 Å². The molecule has 0 spiro atoms. The number of pyridine rings is 1. The molecular formula is C25H29F4N5O2. The summed E-state index contributed by atoms with van der Waals surface area (Å²) in [6, 6.07) is 3.62. The summed E-state index contributed by atoms with van der Waals surface area (Å²) in [6.07, 6.45) is -1.47. The molecule has 36 heavy (non-hydrogen) atoms. The summed E-state index contributed by atoms with van der Waals surface area (Å²) in [7, 11) is 1.99. The Morgan fingerprint density at radius 1 is 1.17 bits per heavy atom. The van der Waals surface area contributed by atoms with E-state index in [1.807, 2.05) is 31.9 Å². The first-order valence-corrected chi connectivity index (χ1v) is 11.8. The predicted octanol–water partition coefficient (Wildman–Crippen LogP) is 3.69. The van der Waals surface area contributed by atoms with E-state index in [4.69, 9.17) is 0 Å². The molecule has 0 radical (unpaired) electrons. The van der Waals surface area contributed by atoms with Gasteiger partial charge in [0.25, 0.3) is 11.5 Å². The average molecular weight is 508 g/mol. The van der Waals surface area contributed by atoms with Gasteiger partial charge in [0, 0.05) is 43.5 Å². The molecule has 194 valence electrons. The van der Waals surface area contributed by atoms with E-state index in [0.717, 1.165) is 12.7 Å². The molecular weight excluding hydrogens is 478 g/mol. The number of hydrogen-bond donors (Lipinski definition) is 3. The van der Waals surface area contributed by atoms with Crippen molar-refractivity contribution < 1.29 is 22.4 Å². The Hall–Kier alpha value is -3.18. The van der Waals surface area contributed by atoms with Crippen LogP contribution in [0.15, 0.2) is 35.3 Å². The first-order chi connectivity index (χ1) is 17.0. The lowest BCUT2D eigenvalue weighted by atomic mass is 9.99. The molecule has 0 aliphatic carbocycles. The van der Waals surface area contributed by atoms with E-state index in [-0.39, 0.29) is 23.3 Å². The maximum Gasteiger partial charge on any atom is 0.417 e. The summed E-state index contributed by atoms with van der Waals surface area (Å²) in [5.74, 6) is -1.71. The Bertz CT molecular complexity index is 1230. The highest BCUT2D eigenvalue weighted by Gasteiger charge is 2.37. The molecule has 0 saturated carbocycles. The Morgan fingerprint density at radius 3 is 2.47 bits per heavy atom. The van der Waals surface area contributed by atoms with Gasteiger partial charge in [-0.2, -0.15) is 13.2 Å². The number of rotatable bonds is 4. The molecule has 2 aromatic rings. The van der Waals surface area contributed by atoms with E-state index in [1.165, 1.54) is 12.1 Å². The molecule has 1 amide bonds. The fourth-order valence-corrected chi connectivity index (χ4v) is 4.75. The maximum absolute atomic E-state index is 15.4. The van der Waals surface area contributed by atoms with Crippen LogP contribution in [0.3, 0.4) is 0 Å². The number of amides is 1. The van der Waals surface area contributed by atoms with E-state index < -0.39 is 34.6 Å². The largest absolute Gasteiger partial charge is 0.417 e. The van der Waals surface area contributed by atoms with Crippen molar-refractivity contribution in [3.63, 3.8) is 0 Å². The molecule has 11 heteroatoms. The molecule has 1 saturated heterocycles. The van der Waals surface area contributed by atoms with Gasteiger partial charge in [0.2, 0.25) is 0 Å². The minimum absolute atomic E-state index is 0.110. The number of carbonyl (C=O) groups excluding carboxylic acids is 1. The van der Waals surface area contributed by atoms with Crippen LogP contribution < -0.4 is 21.1 Å². The molecule has 4 rings (SSSR count). The summed E-state index contributed by atoms with van der Waals surface area (Å²) >= 11 is 0. The zero-order valence-electron chi connectivity index (χ0n) is 20.3. The first kappa shape index (κ1) is 25.9. The lowest BCUT2D eigenvalue weighted by molar-refractivity contribution is -0.138. The monoisotopic (exact) mass is 507 g/mol. The van der Waals surface area contributed by atoms with Gasteiger partial charge in [-0.3, -0.25) is 14.5 Å². The highest BCUT2D eigenvalue weighted by Crippen LogP contribution is 2.36. The highest BCUT2D eigenvalue weighted by atomic mass is 19.4. The predicted molar refractivity (Wildman–Crippen MR) is 131 cm³/mol. The lowest BCUT2D eigenvalue weighted by Crippen LogP contribution is -2.55. The number of hydrogen-bond acceptors (Lipinski definition) is 5. The summed E-state index contributed by atoms with van der Waals surface area (Å²) < 4.78 is 56.1. The van der Waals surface area contributed by atoms with Crippen molar-refractivity contribution in [1.82, 2.24) is 15.2 Å². The Morgan fingerprint density at radius 2 is 1.86 bits per heavy atom. The summed E-state index contributed by atoms with van der Waals surface area (Å²) in [5.41, 5.74) is -2.12. The third-order valence-corrected chi connectivity index (χ3v) is 6.90. The normalized spacial score (nSPS) is 21.3. The van der Waals surface area contributed by atoms with Crippen molar-refractivity contribution in [3.8, 4) is 0 Å². The standard InChI is InChI=1S/C25H29F4N5O2/c1-14-12-34(13-15(2)33(14)3)21-10-19(26)17(16-5-4-7-30-11-16)9-20(21)32-24(36)22-18(25(27,28)29)6-8-31-23(22)35/h5-6,8-10,14-15,30H,4,7,11-13H2,1-3H3,(H,31,35)(H,32,36)/t14-,15+. The van der Waals surface area contributed by atoms with Crippen LogP contribution in [0.4, 0.5) is 28.9 Å². The van der Waals surface area contributed by atoms with Gasteiger partial charge in [0.1, 0.15) is 11.4 Å². The number of aromatic nitrogens is 1. The van der Waals surface area contributed by atoms with Crippen molar-refractivity contribution in [2.45, 2.75) is 38.5 Å². The molecule has 2 atom stereocenters. The van der Waals surface area contributed by atoms with Crippen LogP contribution in [0.2, 0.25) is 0 Å². The molecule has 2 aliphatic heterocycles. The molecule has 0 unspecified atom stereocenters. The second-order valence-electron chi connectivity index (χ2n) is 9.36. The van der Waals surface area contributed by atoms with Gasteiger partial charge in [-0.1, -0.05) is 6.08 Å². The zero-order chi connectivity index (χ0) is 26.2. The van der Waals surface area contributed by atoms with Crippen LogP contribution >= 0.6 is 0 Å². The minimum atomic E-state index is -4.90. The molecule has 3 N–H and O–H groups in total. The van der Waals surface area contributed by atoms with Crippen LogP contribution in [0, 0.1) is 5.82 Å². The smallest absolute Gasteiger partial charge is 0.367 e. The Kier molecular flexibility index (Phi) is 7.24. The van der Waals surface area contributed by atoms with Crippen LogP contribution in [0.5, 0.6) is 0 Å². The Balaban J connectivity index is 1.80. The number of H-pyrrole nitrogens is 1. The van der Waals surface area contributed by atoms with Gasteiger partial charge >= 0.3 is 6.18 Å². The number of benzene rings is 1. The van der Waals surface area contributed by atoms with Crippen LogP contribution in [-0.4, -0.2) is 61.1 Å². The molecule has 1 aromatic carbocycles. The van der Waals surface area contributed by atoms with E-state index in [2.05, 4.69) is 20.5 Å². The van der Waals surface area contributed by atoms with Gasteiger partial charge in [-0.25, -0.2) is 4.39 Å². The number of nitrogens with one attached hydrogen (secondary N) is 3. The second-order valence-corrected chi connectivity index (χ2v) is 9.36. The minimum Gasteiger partial charge on any atom is -0.367 e. The molecule has 0 bridgehead atoms. The number of likely N-dealkylation sites (N-methyl/N-ethyl adjacent to an activating group) is 1. The van der Waals surface area contributed by atoms with Crippen molar-refractivity contribution in [2.24, 2.45) is 0 Å². The third-order valence-electron chi connectivity index (χ3n) is 6.90. The number of anilines is 2. The highest BCUT2D eigenvalue weighted by molar-refractivity contribution is 6.07. The number of aromatic amines is 1. The first-order valence-electron chi connectivity index (χ1n) is 11.8. The van der Waals surface area contributed by atoms with E-state index in [0.29, 0.717) is 43.4 Å². The van der Waals surface area contributed by atoms with Crippen LogP contribution in [0.25, 0.3) is 5.57 Å². The number of alkyl halides is 3. The number of carbonyl (C=O) groups is 1. The van der Waals surface area contributed by atoms with Crippen molar-refractivity contribution in [2.75, 3.05) is 43.4 Å².